The molecule has 5 nitrogen and oxygen atoms in total. The molecule has 0 atom stereocenters. The van der Waals surface area contributed by atoms with Gasteiger partial charge >= 0.3 is 21.7 Å². The third kappa shape index (κ3) is 77.4. The van der Waals surface area contributed by atoms with Crippen LogP contribution >= 0.6 is 0 Å². The molecular formula is C13H22O5Ti. The Bertz CT molecular complexity index is 267. The summed E-state index contributed by atoms with van der Waals surface area (Å²) in [7, 11) is 0. The number of carbonyl (C=O) groups excluding carboxylic acids is 2. The fraction of sp³-hybridized carbons (Fsp3) is 0.538. The van der Waals surface area contributed by atoms with E-state index in [1.54, 1.807) is 13.8 Å². The fourth-order valence-electron chi connectivity index (χ4n) is 0.572. The van der Waals surface area contributed by atoms with Crippen molar-refractivity contribution in [2.45, 2.75) is 47.6 Å². The SMILES string of the molecule is CC(=O)/C=C(/C)[O-].CC(=O)/C=C(/C)[O-].CC(C)O.[Ti+2]. The number of rotatable bonds is 2. The zero-order chi connectivity index (χ0) is 15.3. The molecule has 0 aromatic rings. The van der Waals surface area contributed by atoms with Gasteiger partial charge < -0.3 is 15.3 Å². The predicted octanol–water partition coefficient (Wildman–Crippen LogP) is 0.0636. The molecule has 0 heterocycles. The number of hydrogen-bond acceptors (Lipinski definition) is 5. The van der Waals surface area contributed by atoms with Gasteiger partial charge in [-0.25, -0.2) is 0 Å². The van der Waals surface area contributed by atoms with Crippen LogP contribution in [0, 0.1) is 0 Å². The van der Waals surface area contributed by atoms with Gasteiger partial charge in [0, 0.05) is 6.10 Å². The molecule has 0 aromatic heterocycles. The van der Waals surface area contributed by atoms with Crippen molar-refractivity contribution in [2.75, 3.05) is 0 Å². The minimum absolute atomic E-state index is 0. The zero-order valence-corrected chi connectivity index (χ0v) is 13.9. The van der Waals surface area contributed by atoms with E-state index in [0.717, 1.165) is 12.2 Å². The van der Waals surface area contributed by atoms with Crippen LogP contribution in [0.5, 0.6) is 0 Å². The molecule has 0 aliphatic carbocycles. The van der Waals surface area contributed by atoms with E-state index < -0.39 is 0 Å². The molecule has 19 heavy (non-hydrogen) atoms. The van der Waals surface area contributed by atoms with E-state index in [1.165, 1.54) is 27.7 Å². The van der Waals surface area contributed by atoms with Gasteiger partial charge in [0.25, 0.3) is 0 Å². The number of carbonyl (C=O) groups is 2. The van der Waals surface area contributed by atoms with Crippen molar-refractivity contribution in [2.24, 2.45) is 0 Å². The summed E-state index contributed by atoms with van der Waals surface area (Å²) in [5.41, 5.74) is 0. The molecule has 0 saturated carbocycles. The third-order valence-electron chi connectivity index (χ3n) is 0.813. The number of ketones is 2. The van der Waals surface area contributed by atoms with Crippen molar-refractivity contribution < 1.29 is 46.6 Å². The van der Waals surface area contributed by atoms with Gasteiger partial charge in [-0.1, -0.05) is 13.8 Å². The summed E-state index contributed by atoms with van der Waals surface area (Å²) in [6.07, 6.45) is 1.94. The molecule has 0 amide bonds. The summed E-state index contributed by atoms with van der Waals surface area (Å²) in [5.74, 6) is -0.750. The van der Waals surface area contributed by atoms with Crippen molar-refractivity contribution in [3.8, 4) is 0 Å². The van der Waals surface area contributed by atoms with Crippen LogP contribution < -0.4 is 10.2 Å². The maximum absolute atomic E-state index is 9.98. The standard InChI is InChI=1S/2C5H8O2.C3H8O.Ti/c2*1-4(6)3-5(2)7;1-3(2)4;/h2*3,6H,1-2H3;3-4H,1-2H3;/q;;;+2/p-2/b2*4-3-;;. The van der Waals surface area contributed by atoms with Gasteiger partial charge in [0.1, 0.15) is 0 Å². The smallest absolute Gasteiger partial charge is 0.876 e. The van der Waals surface area contributed by atoms with Crippen molar-refractivity contribution >= 4 is 11.6 Å². The molecule has 0 unspecified atom stereocenters. The Hall–Kier alpha value is -0.906. The first-order valence-electron chi connectivity index (χ1n) is 5.38. The van der Waals surface area contributed by atoms with Gasteiger partial charge in [0.2, 0.25) is 0 Å². The van der Waals surface area contributed by atoms with Gasteiger partial charge in [-0.15, -0.1) is 11.5 Å². The van der Waals surface area contributed by atoms with E-state index in [4.69, 9.17) is 5.11 Å². The van der Waals surface area contributed by atoms with E-state index in [9.17, 15) is 19.8 Å². The second-order valence-electron chi connectivity index (χ2n) is 3.83. The van der Waals surface area contributed by atoms with Crippen LogP contribution in [0.15, 0.2) is 23.7 Å². The summed E-state index contributed by atoms with van der Waals surface area (Å²) in [6.45, 7) is 8.84. The van der Waals surface area contributed by atoms with Crippen LogP contribution in [0.2, 0.25) is 0 Å². The van der Waals surface area contributed by atoms with E-state index >= 15 is 0 Å². The van der Waals surface area contributed by atoms with Gasteiger partial charge in [-0.2, -0.15) is 0 Å². The van der Waals surface area contributed by atoms with E-state index in [1.807, 2.05) is 0 Å². The minimum atomic E-state index is -0.187. The molecule has 1 N–H and O–H groups in total. The van der Waals surface area contributed by atoms with Crippen LogP contribution in [0.25, 0.3) is 0 Å². The molecule has 108 valence electrons. The Morgan fingerprint density at radius 3 is 1.05 bits per heavy atom. The Kier molecular flexibility index (Phi) is 23.9. The first-order valence-corrected chi connectivity index (χ1v) is 5.38. The summed E-state index contributed by atoms with van der Waals surface area (Å²) in [5, 5.41) is 28.0. The van der Waals surface area contributed by atoms with E-state index in [-0.39, 0.29) is 50.9 Å². The molecule has 0 fully saturated rings. The van der Waals surface area contributed by atoms with Crippen LogP contribution in [0.1, 0.15) is 41.5 Å². The Balaban J connectivity index is -0.0000000900. The molecule has 0 rings (SSSR count). The Morgan fingerprint density at radius 2 is 1.05 bits per heavy atom. The van der Waals surface area contributed by atoms with Crippen molar-refractivity contribution in [1.82, 2.24) is 0 Å². The molecule has 0 spiro atoms. The molecule has 0 radical (unpaired) electrons. The van der Waals surface area contributed by atoms with Gasteiger partial charge in [0.05, 0.1) is 0 Å². The van der Waals surface area contributed by atoms with Gasteiger partial charge in [0.15, 0.2) is 11.6 Å². The first-order chi connectivity index (χ1) is 7.98. The van der Waals surface area contributed by atoms with Crippen LogP contribution in [-0.2, 0) is 31.3 Å². The van der Waals surface area contributed by atoms with E-state index in [0.29, 0.717) is 0 Å². The number of aliphatic hydroxyl groups excluding tert-OH is 1. The number of aliphatic hydroxyl groups is 1. The number of allylic oxidation sites excluding steroid dienone is 4. The zero-order valence-electron chi connectivity index (χ0n) is 12.3. The van der Waals surface area contributed by atoms with Crippen LogP contribution in [0.3, 0.4) is 0 Å². The van der Waals surface area contributed by atoms with Gasteiger partial charge in [-0.3, -0.25) is 9.59 Å². The average molecular weight is 306 g/mol. The third-order valence-corrected chi connectivity index (χ3v) is 0.813. The Morgan fingerprint density at radius 1 is 0.895 bits per heavy atom. The molecule has 0 aliphatic heterocycles. The second kappa shape index (κ2) is 17.1. The van der Waals surface area contributed by atoms with Crippen molar-refractivity contribution in [3.05, 3.63) is 23.7 Å². The fourth-order valence-corrected chi connectivity index (χ4v) is 0.572. The van der Waals surface area contributed by atoms with E-state index in [2.05, 4.69) is 0 Å². The van der Waals surface area contributed by atoms with Crippen LogP contribution in [0.4, 0.5) is 0 Å². The molecular weight excluding hydrogens is 284 g/mol. The first kappa shape index (κ1) is 26.6. The normalized spacial score (nSPS) is 10.3. The summed E-state index contributed by atoms with van der Waals surface area (Å²) in [4.78, 5) is 20.0. The molecule has 0 saturated heterocycles. The maximum atomic E-state index is 9.98. The molecule has 0 aromatic carbocycles. The second-order valence-corrected chi connectivity index (χ2v) is 3.83. The average Bonchev–Trinajstić information content (AvgIpc) is 1.96. The predicted molar refractivity (Wildman–Crippen MR) is 66.2 cm³/mol. The van der Waals surface area contributed by atoms with Crippen LogP contribution in [-0.4, -0.2) is 22.8 Å². The quantitative estimate of drug-likeness (QED) is 0.442. The largest absolute Gasteiger partial charge is 2.00 e. The molecule has 0 aliphatic rings. The van der Waals surface area contributed by atoms with Crippen molar-refractivity contribution in [3.63, 3.8) is 0 Å². The Labute approximate surface area is 129 Å². The molecule has 0 bridgehead atoms. The number of hydrogen-bond donors (Lipinski definition) is 1. The summed E-state index contributed by atoms with van der Waals surface area (Å²) >= 11 is 0. The topological polar surface area (TPSA) is 100 Å². The van der Waals surface area contributed by atoms with Gasteiger partial charge in [-0.05, 0) is 39.8 Å². The summed E-state index contributed by atoms with van der Waals surface area (Å²) in [6, 6.07) is 0. The monoisotopic (exact) mass is 306 g/mol. The summed E-state index contributed by atoms with van der Waals surface area (Å²) < 4.78 is 0. The molecule has 6 heteroatoms. The minimum Gasteiger partial charge on any atom is -0.876 e. The maximum Gasteiger partial charge on any atom is 2.00 e. The van der Waals surface area contributed by atoms with Crippen molar-refractivity contribution in [1.29, 1.82) is 0 Å².